The second kappa shape index (κ2) is 6.02. The lowest BCUT2D eigenvalue weighted by molar-refractivity contribution is 0.0772. The topological polar surface area (TPSA) is 40.5 Å². The fourth-order valence-electron chi connectivity index (χ4n) is 1.81. The molecule has 2 N–H and O–H groups in total. The minimum absolute atomic E-state index is 0.0156. The molecular weight excluding hydrogens is 200 g/mol. The van der Waals surface area contributed by atoms with E-state index >= 15 is 0 Å². The molecule has 0 amide bonds. The van der Waals surface area contributed by atoms with Gasteiger partial charge in [0.15, 0.2) is 0 Å². The molecule has 16 heavy (non-hydrogen) atoms. The van der Waals surface area contributed by atoms with Gasteiger partial charge in [-0.2, -0.15) is 0 Å². The van der Waals surface area contributed by atoms with E-state index in [4.69, 9.17) is 5.11 Å². The van der Waals surface area contributed by atoms with E-state index in [1.165, 1.54) is 5.56 Å². The van der Waals surface area contributed by atoms with Crippen LogP contribution in [0.1, 0.15) is 37.8 Å². The van der Waals surface area contributed by atoms with Gasteiger partial charge in [0.2, 0.25) is 0 Å². The first-order chi connectivity index (χ1) is 7.54. The molecule has 0 bridgehead atoms. The van der Waals surface area contributed by atoms with Crippen LogP contribution in [-0.4, -0.2) is 22.9 Å². The van der Waals surface area contributed by atoms with Crippen LogP contribution >= 0.6 is 0 Å². The van der Waals surface area contributed by atoms with Crippen LogP contribution in [0.3, 0.4) is 0 Å². The molecule has 1 aromatic rings. The molecule has 0 aliphatic carbocycles. The van der Waals surface area contributed by atoms with Gasteiger partial charge in [-0.1, -0.05) is 45.0 Å². The van der Waals surface area contributed by atoms with Gasteiger partial charge in [-0.25, -0.2) is 0 Å². The maximum atomic E-state index is 9.54. The van der Waals surface area contributed by atoms with Gasteiger partial charge in [-0.3, -0.25) is 0 Å². The summed E-state index contributed by atoms with van der Waals surface area (Å²) in [5.41, 5.74) is 2.40. The Morgan fingerprint density at radius 2 is 1.62 bits per heavy atom. The zero-order valence-corrected chi connectivity index (χ0v) is 10.4. The third-order valence-electron chi connectivity index (χ3n) is 2.91. The Labute approximate surface area is 97.9 Å². The van der Waals surface area contributed by atoms with E-state index < -0.39 is 6.10 Å². The second-order valence-electron chi connectivity index (χ2n) is 4.88. The van der Waals surface area contributed by atoms with Crippen molar-refractivity contribution in [1.29, 1.82) is 0 Å². The van der Waals surface area contributed by atoms with Gasteiger partial charge in [0.1, 0.15) is 0 Å². The summed E-state index contributed by atoms with van der Waals surface area (Å²) in [6, 6.07) is 8.30. The maximum absolute atomic E-state index is 9.54. The fourth-order valence-corrected chi connectivity index (χ4v) is 1.81. The quantitative estimate of drug-likeness (QED) is 0.803. The van der Waals surface area contributed by atoms with Gasteiger partial charge in [0, 0.05) is 5.92 Å². The van der Waals surface area contributed by atoms with Crippen LogP contribution in [0.4, 0.5) is 0 Å². The molecule has 2 heteroatoms. The van der Waals surface area contributed by atoms with Gasteiger partial charge < -0.3 is 10.2 Å². The Bertz CT molecular complexity index is 303. The molecule has 0 heterocycles. The van der Waals surface area contributed by atoms with Crippen LogP contribution in [0.15, 0.2) is 24.3 Å². The second-order valence-corrected chi connectivity index (χ2v) is 4.88. The Hall–Kier alpha value is -0.860. The van der Waals surface area contributed by atoms with Crippen LogP contribution < -0.4 is 0 Å². The predicted octanol–water partition coefficient (Wildman–Crippen LogP) is 2.34. The third-order valence-corrected chi connectivity index (χ3v) is 2.91. The zero-order chi connectivity index (χ0) is 12.1. The molecule has 0 fully saturated rings. The molecule has 0 spiro atoms. The molecule has 0 aliphatic rings. The summed E-state index contributed by atoms with van der Waals surface area (Å²) < 4.78 is 0. The fraction of sp³-hybridized carbons (Fsp3) is 0.571. The van der Waals surface area contributed by atoms with Crippen molar-refractivity contribution in [2.45, 2.75) is 39.2 Å². The molecule has 0 radical (unpaired) electrons. The standard InChI is InChI=1S/C14H22O2/c1-10(2)8-12-4-6-13(7-5-12)11(3)14(16)9-15/h4-7,10-11,14-16H,8-9H2,1-3H3. The van der Waals surface area contributed by atoms with Crippen molar-refractivity contribution in [2.24, 2.45) is 5.92 Å². The van der Waals surface area contributed by atoms with Crippen molar-refractivity contribution in [3.05, 3.63) is 35.4 Å². The largest absolute Gasteiger partial charge is 0.394 e. The number of rotatable bonds is 5. The Balaban J connectivity index is 2.70. The summed E-state index contributed by atoms with van der Waals surface area (Å²) >= 11 is 0. The van der Waals surface area contributed by atoms with Gasteiger partial charge in [0.25, 0.3) is 0 Å². The summed E-state index contributed by atoms with van der Waals surface area (Å²) in [5, 5.41) is 18.4. The number of aliphatic hydroxyl groups excluding tert-OH is 2. The normalized spacial score (nSPS) is 15.1. The van der Waals surface area contributed by atoms with Crippen LogP contribution in [0.2, 0.25) is 0 Å². The highest BCUT2D eigenvalue weighted by molar-refractivity contribution is 5.26. The van der Waals surface area contributed by atoms with E-state index in [1.54, 1.807) is 0 Å². The summed E-state index contributed by atoms with van der Waals surface area (Å²) in [6.45, 7) is 6.14. The van der Waals surface area contributed by atoms with Gasteiger partial charge >= 0.3 is 0 Å². The first kappa shape index (κ1) is 13.2. The monoisotopic (exact) mass is 222 g/mol. The Morgan fingerprint density at radius 1 is 1.06 bits per heavy atom. The van der Waals surface area contributed by atoms with Crippen LogP contribution in [0.25, 0.3) is 0 Å². The maximum Gasteiger partial charge on any atom is 0.0836 e. The molecule has 90 valence electrons. The SMILES string of the molecule is CC(C)Cc1ccc(C(C)C(O)CO)cc1. The van der Waals surface area contributed by atoms with Crippen LogP contribution in [0, 0.1) is 5.92 Å². The Kier molecular flexibility index (Phi) is 4.97. The minimum Gasteiger partial charge on any atom is -0.394 e. The molecule has 1 rings (SSSR count). The lowest BCUT2D eigenvalue weighted by atomic mass is 9.93. The van der Waals surface area contributed by atoms with E-state index in [0.29, 0.717) is 5.92 Å². The van der Waals surface area contributed by atoms with Crippen molar-refractivity contribution < 1.29 is 10.2 Å². The molecule has 2 atom stereocenters. The number of hydrogen-bond acceptors (Lipinski definition) is 2. The van der Waals surface area contributed by atoms with Crippen molar-refractivity contribution in [2.75, 3.05) is 6.61 Å². The lowest BCUT2D eigenvalue weighted by Crippen LogP contribution is -2.19. The molecule has 1 aromatic carbocycles. The van der Waals surface area contributed by atoms with E-state index in [1.807, 2.05) is 19.1 Å². The number of benzene rings is 1. The summed E-state index contributed by atoms with van der Waals surface area (Å²) in [4.78, 5) is 0. The zero-order valence-electron chi connectivity index (χ0n) is 10.4. The molecule has 0 saturated heterocycles. The highest BCUT2D eigenvalue weighted by atomic mass is 16.3. The van der Waals surface area contributed by atoms with E-state index in [0.717, 1.165) is 12.0 Å². The molecular formula is C14H22O2. The minimum atomic E-state index is -0.670. The highest BCUT2D eigenvalue weighted by Crippen LogP contribution is 2.20. The number of hydrogen-bond donors (Lipinski definition) is 2. The van der Waals surface area contributed by atoms with Crippen molar-refractivity contribution in [1.82, 2.24) is 0 Å². The average molecular weight is 222 g/mol. The van der Waals surface area contributed by atoms with E-state index in [2.05, 4.69) is 26.0 Å². The molecule has 2 nitrogen and oxygen atoms in total. The average Bonchev–Trinajstić information content (AvgIpc) is 2.27. The first-order valence-corrected chi connectivity index (χ1v) is 5.92. The lowest BCUT2D eigenvalue weighted by Gasteiger charge is -2.17. The molecule has 2 unspecified atom stereocenters. The summed E-state index contributed by atoms with van der Waals surface area (Å²) in [5.74, 6) is 0.643. The number of aliphatic hydroxyl groups is 2. The Morgan fingerprint density at radius 3 is 2.06 bits per heavy atom. The molecule has 0 saturated carbocycles. The first-order valence-electron chi connectivity index (χ1n) is 5.92. The summed E-state index contributed by atoms with van der Waals surface area (Å²) in [6.07, 6.45) is 0.410. The van der Waals surface area contributed by atoms with E-state index in [9.17, 15) is 5.11 Å². The third kappa shape index (κ3) is 3.62. The molecule has 0 aromatic heterocycles. The van der Waals surface area contributed by atoms with Crippen molar-refractivity contribution in [3.8, 4) is 0 Å². The highest BCUT2D eigenvalue weighted by Gasteiger charge is 2.14. The smallest absolute Gasteiger partial charge is 0.0836 e. The van der Waals surface area contributed by atoms with Crippen LogP contribution in [-0.2, 0) is 6.42 Å². The predicted molar refractivity (Wildman–Crippen MR) is 66.5 cm³/mol. The van der Waals surface area contributed by atoms with E-state index in [-0.39, 0.29) is 12.5 Å². The van der Waals surface area contributed by atoms with Gasteiger partial charge in [-0.15, -0.1) is 0 Å². The van der Waals surface area contributed by atoms with Crippen LogP contribution in [0.5, 0.6) is 0 Å². The van der Waals surface area contributed by atoms with Gasteiger partial charge in [-0.05, 0) is 23.5 Å². The van der Waals surface area contributed by atoms with Crippen molar-refractivity contribution in [3.63, 3.8) is 0 Å². The van der Waals surface area contributed by atoms with Gasteiger partial charge in [0.05, 0.1) is 12.7 Å². The molecule has 0 aliphatic heterocycles. The van der Waals surface area contributed by atoms with Crippen molar-refractivity contribution >= 4 is 0 Å². The summed E-state index contributed by atoms with van der Waals surface area (Å²) in [7, 11) is 0.